The van der Waals surface area contributed by atoms with Gasteiger partial charge in [-0.25, -0.2) is 0 Å². The molecule has 0 unspecified atom stereocenters. The van der Waals surface area contributed by atoms with E-state index in [4.69, 9.17) is 26.8 Å². The molecular weight excluding hydrogens is 522 g/mol. The number of nitrogens with zero attached hydrogens (tertiary/aromatic N) is 4. The molecule has 212 valence electrons. The van der Waals surface area contributed by atoms with Gasteiger partial charge in [0.1, 0.15) is 6.61 Å². The number of carbonyl (C=O) groups excluding carboxylic acids is 2. The predicted molar refractivity (Wildman–Crippen MR) is 151 cm³/mol. The van der Waals surface area contributed by atoms with Crippen LogP contribution < -0.4 is 25.8 Å². The number of likely N-dealkylation sites (tertiary alicyclic amines) is 1. The minimum absolute atomic E-state index is 0.0630. The van der Waals surface area contributed by atoms with Gasteiger partial charge in [-0.1, -0.05) is 24.8 Å². The standard InChI is InChI=1S/C27H38ClN7O4/c1-18(19(2)29)24(36)31-26-30-17-27(32-26)5-7-35(8-6-27)25(37)20-15-21(28)23(22(16-20)38-4)39-14-13-34-11-9-33(3)10-12-34/h15-16H,1-2,5-14,17,29H2,3-4H3,(H2,30,31,32,36). The van der Waals surface area contributed by atoms with Crippen LogP contribution in [0, 0.1) is 0 Å². The summed E-state index contributed by atoms with van der Waals surface area (Å²) in [5, 5.41) is 6.80. The molecule has 11 nitrogen and oxygen atoms in total. The minimum Gasteiger partial charge on any atom is -0.493 e. The third-order valence-electron chi connectivity index (χ3n) is 7.57. The van der Waals surface area contributed by atoms with E-state index < -0.39 is 5.91 Å². The van der Waals surface area contributed by atoms with E-state index in [0.717, 1.165) is 32.7 Å². The van der Waals surface area contributed by atoms with Gasteiger partial charge in [0, 0.05) is 63.6 Å². The van der Waals surface area contributed by atoms with Gasteiger partial charge >= 0.3 is 0 Å². The highest BCUT2D eigenvalue weighted by Gasteiger charge is 2.41. The van der Waals surface area contributed by atoms with E-state index in [1.807, 2.05) is 0 Å². The Morgan fingerprint density at radius 1 is 1.15 bits per heavy atom. The highest BCUT2D eigenvalue weighted by molar-refractivity contribution is 6.32. The summed E-state index contributed by atoms with van der Waals surface area (Å²) in [6.45, 7) is 14.2. The van der Waals surface area contributed by atoms with Crippen LogP contribution in [0.2, 0.25) is 5.02 Å². The number of rotatable bonds is 8. The normalized spacial score (nSPS) is 20.4. The molecule has 3 saturated heterocycles. The summed E-state index contributed by atoms with van der Waals surface area (Å²) in [6, 6.07) is 3.33. The Kier molecular flexibility index (Phi) is 9.04. The molecule has 2 amide bonds. The Bertz CT molecular complexity index is 1160. The molecule has 1 aromatic carbocycles. The van der Waals surface area contributed by atoms with E-state index in [1.54, 1.807) is 24.1 Å². The lowest BCUT2D eigenvalue weighted by Gasteiger charge is -2.38. The summed E-state index contributed by atoms with van der Waals surface area (Å²) in [4.78, 5) is 36.0. The minimum atomic E-state index is -0.542. The number of nitrogens with one attached hydrogen (secondary N) is 2. The van der Waals surface area contributed by atoms with E-state index in [-0.39, 0.29) is 22.7 Å². The number of benzene rings is 1. The third kappa shape index (κ3) is 6.84. The van der Waals surface area contributed by atoms with Crippen molar-refractivity contribution in [2.24, 2.45) is 10.7 Å². The Morgan fingerprint density at radius 3 is 2.49 bits per heavy atom. The number of likely N-dealkylation sites (N-methyl/N-ethyl adjacent to an activating group) is 1. The molecule has 12 heteroatoms. The fraction of sp³-hybridized carbons (Fsp3) is 0.519. The second-order valence-corrected chi connectivity index (χ2v) is 10.7. The van der Waals surface area contributed by atoms with Gasteiger partial charge in [-0.2, -0.15) is 4.99 Å². The van der Waals surface area contributed by atoms with Gasteiger partial charge in [-0.15, -0.1) is 0 Å². The van der Waals surface area contributed by atoms with Crippen LogP contribution in [-0.4, -0.2) is 111 Å². The van der Waals surface area contributed by atoms with Crippen molar-refractivity contribution in [2.45, 2.75) is 18.4 Å². The number of piperidine rings is 1. The number of amides is 2. The molecule has 3 aliphatic rings. The highest BCUT2D eigenvalue weighted by atomic mass is 35.5. The number of aliphatic imine (C=N–C) groups is 1. The Balaban J connectivity index is 1.33. The second kappa shape index (κ2) is 12.3. The van der Waals surface area contributed by atoms with Crippen molar-refractivity contribution in [1.82, 2.24) is 25.3 Å². The molecule has 0 radical (unpaired) electrons. The number of carbonyl (C=O) groups is 2. The summed E-state index contributed by atoms with van der Waals surface area (Å²) < 4.78 is 11.5. The van der Waals surface area contributed by atoms with Gasteiger partial charge in [-0.3, -0.25) is 14.5 Å². The van der Waals surface area contributed by atoms with Crippen LogP contribution in [0.25, 0.3) is 0 Å². The number of halogens is 1. The molecule has 3 heterocycles. The summed E-state index contributed by atoms with van der Waals surface area (Å²) in [6.07, 6.45) is 1.36. The first-order valence-corrected chi connectivity index (χ1v) is 13.5. The number of guanidine groups is 1. The number of nitrogens with two attached hydrogens (primary N) is 1. The summed E-state index contributed by atoms with van der Waals surface area (Å²) in [5.41, 5.74) is 5.84. The maximum absolute atomic E-state index is 13.4. The Morgan fingerprint density at radius 2 is 1.85 bits per heavy atom. The molecular formula is C27H38ClN7O4. The molecule has 0 aromatic heterocycles. The SMILES string of the molecule is C=C(N)C(=C)C(=O)/N=C1\NCC2(CCN(C(=O)c3cc(Cl)c(OCCN4CCN(C)CC4)c(OC)c3)CC2)N1. The number of ether oxygens (including phenoxy) is 2. The molecule has 1 spiro atoms. The molecule has 4 rings (SSSR count). The number of hydrogen-bond acceptors (Lipinski definition) is 7. The highest BCUT2D eigenvalue weighted by Crippen LogP contribution is 2.37. The summed E-state index contributed by atoms with van der Waals surface area (Å²) >= 11 is 6.56. The maximum atomic E-state index is 13.4. The van der Waals surface area contributed by atoms with Crippen molar-refractivity contribution < 1.29 is 19.1 Å². The molecule has 0 atom stereocenters. The molecule has 3 aliphatic heterocycles. The zero-order valence-electron chi connectivity index (χ0n) is 22.7. The van der Waals surface area contributed by atoms with Crippen molar-refractivity contribution in [3.63, 3.8) is 0 Å². The van der Waals surface area contributed by atoms with Gasteiger partial charge in [-0.05, 0) is 32.0 Å². The molecule has 4 N–H and O–H groups in total. The third-order valence-corrected chi connectivity index (χ3v) is 7.85. The van der Waals surface area contributed by atoms with Gasteiger partial charge in [0.05, 0.1) is 23.2 Å². The first-order chi connectivity index (χ1) is 18.6. The Hall–Kier alpha value is -3.28. The van der Waals surface area contributed by atoms with E-state index in [9.17, 15) is 9.59 Å². The van der Waals surface area contributed by atoms with Crippen LogP contribution in [0.3, 0.4) is 0 Å². The zero-order chi connectivity index (χ0) is 28.2. The molecule has 0 bridgehead atoms. The van der Waals surface area contributed by atoms with Crippen LogP contribution in [0.1, 0.15) is 23.2 Å². The molecule has 1 aromatic rings. The number of methoxy groups -OCH3 is 1. The molecule has 0 saturated carbocycles. The van der Waals surface area contributed by atoms with Crippen LogP contribution in [0.4, 0.5) is 0 Å². The smallest absolute Gasteiger partial charge is 0.281 e. The van der Waals surface area contributed by atoms with Crippen molar-refractivity contribution >= 4 is 29.4 Å². The van der Waals surface area contributed by atoms with Crippen molar-refractivity contribution in [1.29, 1.82) is 0 Å². The van der Waals surface area contributed by atoms with Gasteiger partial charge in [0.25, 0.3) is 11.8 Å². The lowest BCUT2D eigenvalue weighted by atomic mass is 9.88. The van der Waals surface area contributed by atoms with Crippen LogP contribution in [0.5, 0.6) is 11.5 Å². The summed E-state index contributed by atoms with van der Waals surface area (Å²) in [7, 11) is 3.67. The average Bonchev–Trinajstić information content (AvgIpc) is 3.31. The maximum Gasteiger partial charge on any atom is 0.281 e. The van der Waals surface area contributed by atoms with Crippen molar-refractivity contribution in [3.8, 4) is 11.5 Å². The van der Waals surface area contributed by atoms with Gasteiger partial charge in [0.15, 0.2) is 17.5 Å². The number of piperazine rings is 1. The monoisotopic (exact) mass is 559 g/mol. The summed E-state index contributed by atoms with van der Waals surface area (Å²) in [5.74, 6) is 0.598. The van der Waals surface area contributed by atoms with Gasteiger partial charge in [0.2, 0.25) is 0 Å². The van der Waals surface area contributed by atoms with E-state index in [0.29, 0.717) is 67.1 Å². The van der Waals surface area contributed by atoms with E-state index >= 15 is 0 Å². The topological polar surface area (TPSA) is 125 Å². The van der Waals surface area contributed by atoms with Crippen molar-refractivity contribution in [2.75, 3.05) is 73.1 Å². The Labute approximate surface area is 234 Å². The predicted octanol–water partition coefficient (Wildman–Crippen LogP) is 1.05. The number of hydrogen-bond donors (Lipinski definition) is 3. The van der Waals surface area contributed by atoms with E-state index in [2.05, 4.69) is 45.6 Å². The first-order valence-electron chi connectivity index (χ1n) is 13.1. The lowest BCUT2D eigenvalue weighted by Crippen LogP contribution is -2.53. The zero-order valence-corrected chi connectivity index (χ0v) is 23.5. The van der Waals surface area contributed by atoms with Gasteiger partial charge < -0.3 is 35.6 Å². The fourth-order valence-electron chi connectivity index (χ4n) is 4.92. The first kappa shape index (κ1) is 28.7. The quantitative estimate of drug-likeness (QED) is 0.316. The molecule has 0 aliphatic carbocycles. The lowest BCUT2D eigenvalue weighted by molar-refractivity contribution is -0.114. The van der Waals surface area contributed by atoms with Crippen LogP contribution in [-0.2, 0) is 4.79 Å². The fourth-order valence-corrected chi connectivity index (χ4v) is 5.19. The second-order valence-electron chi connectivity index (χ2n) is 10.3. The van der Waals surface area contributed by atoms with Crippen molar-refractivity contribution in [3.05, 3.63) is 47.1 Å². The van der Waals surface area contributed by atoms with Crippen LogP contribution in [0.15, 0.2) is 41.6 Å². The molecule has 39 heavy (non-hydrogen) atoms. The molecule has 3 fully saturated rings. The van der Waals surface area contributed by atoms with Crippen LogP contribution >= 0.6 is 11.6 Å². The largest absolute Gasteiger partial charge is 0.493 e. The average molecular weight is 560 g/mol. The van der Waals surface area contributed by atoms with E-state index in [1.165, 1.54) is 0 Å².